The van der Waals surface area contributed by atoms with Gasteiger partial charge >= 0.3 is 0 Å². The first-order chi connectivity index (χ1) is 17.2. The van der Waals surface area contributed by atoms with Crippen LogP contribution in [0.2, 0.25) is 0 Å². The van der Waals surface area contributed by atoms with Gasteiger partial charge in [0.1, 0.15) is 0 Å². The van der Waals surface area contributed by atoms with Crippen molar-refractivity contribution in [2.24, 2.45) is 0 Å². The molecule has 1 unspecified atom stereocenters. The van der Waals surface area contributed by atoms with Crippen LogP contribution in [0.4, 0.5) is 0 Å². The highest BCUT2D eigenvalue weighted by atomic mass is 16.5. The zero-order valence-corrected chi connectivity index (χ0v) is 21.0. The number of rotatable bonds is 6. The Morgan fingerprint density at radius 3 is 2.19 bits per heavy atom. The second kappa shape index (κ2) is 11.8. The van der Waals surface area contributed by atoms with Crippen molar-refractivity contribution in [1.29, 1.82) is 0 Å². The van der Waals surface area contributed by atoms with Crippen molar-refractivity contribution in [3.05, 3.63) is 70.8 Å². The lowest BCUT2D eigenvalue weighted by Crippen LogP contribution is -2.64. The molecule has 190 valence electrons. The van der Waals surface area contributed by atoms with Crippen LogP contribution in [-0.4, -0.2) is 78.2 Å². The molecule has 2 aromatic rings. The maximum absolute atomic E-state index is 13.0. The van der Waals surface area contributed by atoms with Crippen LogP contribution in [-0.2, 0) is 20.9 Å². The Morgan fingerprint density at radius 2 is 1.67 bits per heavy atom. The van der Waals surface area contributed by atoms with Crippen LogP contribution in [0, 0.1) is 11.8 Å². The summed E-state index contributed by atoms with van der Waals surface area (Å²) in [6.07, 6.45) is 0.256. The number of amides is 3. The number of hydroxylamine groups is 1. The molecule has 1 fully saturated rings. The molecule has 1 saturated heterocycles. The average molecular weight is 493 g/mol. The van der Waals surface area contributed by atoms with Gasteiger partial charge in [-0.25, -0.2) is 5.48 Å². The summed E-state index contributed by atoms with van der Waals surface area (Å²) in [6, 6.07) is 14.7. The highest BCUT2D eigenvalue weighted by Gasteiger charge is 2.47. The van der Waals surface area contributed by atoms with Crippen molar-refractivity contribution in [3.63, 3.8) is 0 Å². The van der Waals surface area contributed by atoms with Crippen molar-refractivity contribution in [1.82, 2.24) is 20.6 Å². The van der Waals surface area contributed by atoms with Crippen molar-refractivity contribution in [3.8, 4) is 11.8 Å². The van der Waals surface area contributed by atoms with E-state index in [1.54, 1.807) is 24.3 Å². The van der Waals surface area contributed by atoms with E-state index >= 15 is 0 Å². The summed E-state index contributed by atoms with van der Waals surface area (Å²) in [5.41, 5.74) is 2.60. The van der Waals surface area contributed by atoms with E-state index in [0.29, 0.717) is 5.56 Å². The number of hydrogen-bond acceptors (Lipinski definition) is 6. The van der Waals surface area contributed by atoms with Crippen LogP contribution in [0.5, 0.6) is 0 Å². The van der Waals surface area contributed by atoms with Gasteiger partial charge in [0.25, 0.3) is 17.7 Å². The fourth-order valence-corrected chi connectivity index (χ4v) is 3.98. The maximum Gasteiger partial charge on any atom is 0.278 e. The number of ether oxygens (including phenoxy) is 1. The minimum absolute atomic E-state index is 0.256. The topological polar surface area (TPSA) is 111 Å². The van der Waals surface area contributed by atoms with Crippen LogP contribution in [0.15, 0.2) is 48.5 Å². The van der Waals surface area contributed by atoms with Gasteiger partial charge in [-0.05, 0) is 55.8 Å². The zero-order valence-electron chi connectivity index (χ0n) is 21.0. The highest BCUT2D eigenvalue weighted by molar-refractivity contribution is 6.12. The zero-order chi connectivity index (χ0) is 26.3. The quantitative estimate of drug-likeness (QED) is 0.243. The molecule has 9 heteroatoms. The van der Waals surface area contributed by atoms with E-state index in [2.05, 4.69) is 41.1 Å². The first-order valence-corrected chi connectivity index (χ1v) is 11.7. The van der Waals surface area contributed by atoms with E-state index in [9.17, 15) is 14.4 Å². The molecule has 1 aliphatic heterocycles. The molecule has 2 atom stereocenters. The number of carbonyl (C=O) groups excluding carboxylic acids is 3. The van der Waals surface area contributed by atoms with Crippen LogP contribution in [0.1, 0.15) is 40.9 Å². The van der Waals surface area contributed by atoms with Gasteiger partial charge in [0.15, 0.2) is 5.54 Å². The third-order valence-corrected chi connectivity index (χ3v) is 6.36. The number of nitrogens with zero attached hydrogens (tertiary/aromatic N) is 2. The third-order valence-electron chi connectivity index (χ3n) is 6.36. The smallest absolute Gasteiger partial charge is 0.278 e. The molecule has 0 aromatic heterocycles. The molecule has 0 saturated carbocycles. The fraction of sp³-hybridized carbons (Fsp3) is 0.370. The number of benzene rings is 2. The summed E-state index contributed by atoms with van der Waals surface area (Å²) in [4.78, 5) is 40.8. The van der Waals surface area contributed by atoms with Gasteiger partial charge in [-0.3, -0.25) is 24.5 Å². The summed E-state index contributed by atoms with van der Waals surface area (Å²) < 4.78 is 5.59. The minimum Gasteiger partial charge on any atom is -0.376 e. The maximum atomic E-state index is 13.0. The van der Waals surface area contributed by atoms with E-state index in [1.165, 1.54) is 32.1 Å². The van der Waals surface area contributed by atoms with Gasteiger partial charge in [-0.1, -0.05) is 24.0 Å². The Bertz CT molecular complexity index is 1140. The van der Waals surface area contributed by atoms with E-state index in [0.717, 1.165) is 36.7 Å². The Labute approximate surface area is 211 Å². The molecule has 3 amide bonds. The molecule has 0 bridgehead atoms. The Kier molecular flexibility index (Phi) is 8.83. The molecule has 3 N–H and O–H groups in total. The second-order valence-electron chi connectivity index (χ2n) is 8.90. The molecule has 1 aliphatic rings. The van der Waals surface area contributed by atoms with E-state index < -0.39 is 23.3 Å². The molecular formula is C27H32N4O5. The molecule has 0 spiro atoms. The minimum atomic E-state index is -1.94. The molecule has 0 radical (unpaired) electrons. The summed E-state index contributed by atoms with van der Waals surface area (Å²) >= 11 is 0. The lowest BCUT2D eigenvalue weighted by molar-refractivity contribution is -0.148. The fourth-order valence-electron chi connectivity index (χ4n) is 3.98. The molecule has 1 heterocycles. The van der Waals surface area contributed by atoms with Gasteiger partial charge in [-0.2, -0.15) is 0 Å². The predicted octanol–water partition coefficient (Wildman–Crippen LogP) is 1.39. The standard InChI is InChI=1S/C27H32N4O5/c1-19-17-31(15-16-36-19)18-22-9-7-20(8-10-22)5-6-21-11-13-23(14-12-21)24(32)30(4)27(2,25(33)28-3)26(34)29-35/h7-14,19,35H,15-18H2,1-4H3,(H,28,33)(H,29,34)/t19?,27-/m0/s1. The summed E-state index contributed by atoms with van der Waals surface area (Å²) in [7, 11) is 2.67. The van der Waals surface area contributed by atoms with Crippen LogP contribution in [0.25, 0.3) is 0 Å². The van der Waals surface area contributed by atoms with E-state index in [4.69, 9.17) is 9.94 Å². The van der Waals surface area contributed by atoms with Gasteiger partial charge < -0.3 is 15.0 Å². The predicted molar refractivity (Wildman–Crippen MR) is 134 cm³/mol. The van der Waals surface area contributed by atoms with E-state index in [-0.39, 0.29) is 11.7 Å². The third kappa shape index (κ3) is 6.10. The van der Waals surface area contributed by atoms with Gasteiger partial charge in [0, 0.05) is 50.4 Å². The lowest BCUT2D eigenvalue weighted by Gasteiger charge is -2.34. The summed E-state index contributed by atoms with van der Waals surface area (Å²) in [5.74, 6) is 3.89. The number of morpholine rings is 1. The second-order valence-corrected chi connectivity index (χ2v) is 8.90. The Balaban J connectivity index is 1.67. The Morgan fingerprint density at radius 1 is 1.08 bits per heavy atom. The summed E-state index contributed by atoms with van der Waals surface area (Å²) in [6.45, 7) is 6.83. The van der Waals surface area contributed by atoms with E-state index in [1.807, 2.05) is 12.1 Å². The number of nitrogens with one attached hydrogen (secondary N) is 2. The molecule has 0 aliphatic carbocycles. The number of hydrogen-bond donors (Lipinski definition) is 3. The first-order valence-electron chi connectivity index (χ1n) is 11.7. The molecule has 36 heavy (non-hydrogen) atoms. The van der Waals surface area contributed by atoms with Crippen LogP contribution >= 0.6 is 0 Å². The van der Waals surface area contributed by atoms with Gasteiger partial charge in [0.2, 0.25) is 0 Å². The first kappa shape index (κ1) is 26.9. The SMILES string of the molecule is CNC(=O)[C@@](C)(C(=O)NO)N(C)C(=O)c1ccc(C#Cc2ccc(CN3CCOC(C)C3)cc2)cc1. The molecule has 9 nitrogen and oxygen atoms in total. The van der Waals surface area contributed by atoms with Crippen LogP contribution < -0.4 is 10.8 Å². The molecular weight excluding hydrogens is 460 g/mol. The average Bonchev–Trinajstić information content (AvgIpc) is 2.90. The lowest BCUT2D eigenvalue weighted by atomic mass is 9.96. The van der Waals surface area contributed by atoms with Gasteiger partial charge in [-0.15, -0.1) is 0 Å². The van der Waals surface area contributed by atoms with Crippen molar-refractivity contribution in [2.75, 3.05) is 33.8 Å². The van der Waals surface area contributed by atoms with Crippen LogP contribution in [0.3, 0.4) is 0 Å². The van der Waals surface area contributed by atoms with Gasteiger partial charge in [0.05, 0.1) is 12.7 Å². The molecule has 2 aromatic carbocycles. The molecule has 3 rings (SSSR count). The summed E-state index contributed by atoms with van der Waals surface area (Å²) in [5, 5.41) is 11.4. The largest absolute Gasteiger partial charge is 0.376 e. The Hall–Kier alpha value is -3.71. The van der Waals surface area contributed by atoms with Crippen molar-refractivity contribution in [2.45, 2.75) is 32.0 Å². The number of carbonyl (C=O) groups is 3. The monoisotopic (exact) mass is 492 g/mol. The van der Waals surface area contributed by atoms with Crippen molar-refractivity contribution < 1.29 is 24.3 Å². The highest BCUT2D eigenvalue weighted by Crippen LogP contribution is 2.18. The van der Waals surface area contributed by atoms with Crippen molar-refractivity contribution >= 4 is 17.7 Å². The number of likely N-dealkylation sites (N-methyl/N-ethyl adjacent to an activating group) is 2. The normalized spacial score (nSPS) is 17.2.